The zero-order valence-corrected chi connectivity index (χ0v) is 17.4. The maximum Gasteiger partial charge on any atom is 0.191 e. The van der Waals surface area contributed by atoms with E-state index in [1.165, 1.54) is 11.1 Å². The summed E-state index contributed by atoms with van der Waals surface area (Å²) in [6, 6.07) is 21.4. The molecule has 2 N–H and O–H groups in total. The lowest BCUT2D eigenvalue weighted by Gasteiger charge is -2.38. The van der Waals surface area contributed by atoms with Gasteiger partial charge in [-0.05, 0) is 24.0 Å². The molecule has 0 unspecified atom stereocenters. The van der Waals surface area contributed by atoms with Crippen molar-refractivity contribution in [2.45, 2.75) is 37.5 Å². The van der Waals surface area contributed by atoms with Gasteiger partial charge in [0.05, 0.1) is 0 Å². The monoisotopic (exact) mass is 379 g/mol. The maximum absolute atomic E-state index is 5.65. The predicted molar refractivity (Wildman–Crippen MR) is 117 cm³/mol. The molecule has 2 aromatic rings. The van der Waals surface area contributed by atoms with Crippen LogP contribution < -0.4 is 10.6 Å². The Kier molecular flexibility index (Phi) is 6.74. The lowest BCUT2D eigenvalue weighted by molar-refractivity contribution is 0.0514. The molecular weight excluding hydrogens is 346 g/mol. The van der Waals surface area contributed by atoms with E-state index >= 15 is 0 Å². The first kappa shape index (κ1) is 20.4. The van der Waals surface area contributed by atoms with Crippen LogP contribution in [0, 0.1) is 0 Å². The van der Waals surface area contributed by atoms with Crippen molar-refractivity contribution in [3.63, 3.8) is 0 Å². The number of hydrogen-bond donors (Lipinski definition) is 2. The van der Waals surface area contributed by atoms with E-state index in [0.717, 1.165) is 45.1 Å². The summed E-state index contributed by atoms with van der Waals surface area (Å²) in [4.78, 5) is 4.46. The zero-order chi connectivity index (χ0) is 19.9. The molecule has 28 heavy (non-hydrogen) atoms. The summed E-state index contributed by atoms with van der Waals surface area (Å²) in [6.45, 7) is 7.80. The summed E-state index contributed by atoms with van der Waals surface area (Å²) in [5.41, 5.74) is 2.81. The van der Waals surface area contributed by atoms with Crippen LogP contribution in [0.3, 0.4) is 0 Å². The molecule has 3 rings (SSSR count). The fourth-order valence-corrected chi connectivity index (χ4v) is 3.89. The summed E-state index contributed by atoms with van der Waals surface area (Å²) in [6.07, 6.45) is 2.05. The number of nitrogens with zero attached hydrogens (tertiary/aromatic N) is 1. The van der Waals surface area contributed by atoms with Crippen molar-refractivity contribution >= 4 is 5.96 Å². The molecular formula is C24H33N3O. The van der Waals surface area contributed by atoms with Crippen LogP contribution in [-0.4, -0.2) is 39.3 Å². The molecule has 0 radical (unpaired) electrons. The highest BCUT2D eigenvalue weighted by molar-refractivity contribution is 5.79. The van der Waals surface area contributed by atoms with Crippen LogP contribution in [0.5, 0.6) is 0 Å². The van der Waals surface area contributed by atoms with Gasteiger partial charge in [0.25, 0.3) is 0 Å². The Hall–Kier alpha value is -2.33. The van der Waals surface area contributed by atoms with Crippen LogP contribution in [0.1, 0.15) is 37.8 Å². The summed E-state index contributed by atoms with van der Waals surface area (Å²) in [5, 5.41) is 7.11. The van der Waals surface area contributed by atoms with Crippen molar-refractivity contribution in [1.29, 1.82) is 0 Å². The molecule has 2 aromatic carbocycles. The first-order chi connectivity index (χ1) is 13.6. The minimum atomic E-state index is 0.0225. The van der Waals surface area contributed by atoms with Gasteiger partial charge in [-0.25, -0.2) is 0 Å². The molecule has 0 aromatic heterocycles. The van der Waals surface area contributed by atoms with E-state index in [0.29, 0.717) is 0 Å². The van der Waals surface area contributed by atoms with E-state index in [1.807, 2.05) is 7.05 Å². The van der Waals surface area contributed by atoms with Crippen LogP contribution in [0.25, 0.3) is 0 Å². The molecule has 1 saturated heterocycles. The second-order valence-electron chi connectivity index (χ2n) is 8.29. The van der Waals surface area contributed by atoms with Gasteiger partial charge in [-0.3, -0.25) is 4.99 Å². The van der Waals surface area contributed by atoms with Gasteiger partial charge < -0.3 is 15.4 Å². The van der Waals surface area contributed by atoms with Crippen LogP contribution in [0.2, 0.25) is 0 Å². The van der Waals surface area contributed by atoms with Gasteiger partial charge in [0.1, 0.15) is 0 Å². The van der Waals surface area contributed by atoms with Gasteiger partial charge in [-0.1, -0.05) is 74.5 Å². The van der Waals surface area contributed by atoms with Crippen molar-refractivity contribution in [2.24, 2.45) is 4.99 Å². The number of guanidine groups is 1. The average Bonchev–Trinajstić information content (AvgIpc) is 2.76. The molecule has 4 nitrogen and oxygen atoms in total. The molecule has 1 aliphatic rings. The van der Waals surface area contributed by atoms with Crippen molar-refractivity contribution in [1.82, 2.24) is 10.6 Å². The zero-order valence-electron chi connectivity index (χ0n) is 17.4. The molecule has 0 saturated carbocycles. The molecule has 0 spiro atoms. The van der Waals surface area contributed by atoms with Gasteiger partial charge in [0.2, 0.25) is 0 Å². The SMILES string of the molecule is CN=C(NCC(C)(C)c1ccccc1)NCC1(c2ccccc2)CCOCC1. The van der Waals surface area contributed by atoms with Crippen molar-refractivity contribution in [3.05, 3.63) is 71.8 Å². The van der Waals surface area contributed by atoms with Crippen molar-refractivity contribution in [2.75, 3.05) is 33.4 Å². The summed E-state index contributed by atoms with van der Waals surface area (Å²) in [7, 11) is 1.84. The smallest absolute Gasteiger partial charge is 0.191 e. The predicted octanol–water partition coefficient (Wildman–Crippen LogP) is 3.88. The number of ether oxygens (including phenoxy) is 1. The quantitative estimate of drug-likeness (QED) is 0.591. The highest BCUT2D eigenvalue weighted by Gasteiger charge is 2.34. The van der Waals surface area contributed by atoms with Crippen molar-refractivity contribution < 1.29 is 4.74 Å². The highest BCUT2D eigenvalue weighted by atomic mass is 16.5. The van der Waals surface area contributed by atoms with E-state index in [9.17, 15) is 0 Å². The fraction of sp³-hybridized carbons (Fsp3) is 0.458. The standard InChI is InChI=1S/C24H33N3O/c1-23(2,20-10-6-4-7-11-20)18-26-22(25-3)27-19-24(14-16-28-17-15-24)21-12-8-5-9-13-21/h4-13H,14-19H2,1-3H3,(H2,25,26,27). The van der Waals surface area contributed by atoms with Crippen LogP contribution in [0.4, 0.5) is 0 Å². The van der Waals surface area contributed by atoms with Gasteiger partial charge in [-0.2, -0.15) is 0 Å². The lowest BCUT2D eigenvalue weighted by atomic mass is 9.74. The summed E-state index contributed by atoms with van der Waals surface area (Å²) < 4.78 is 5.65. The second kappa shape index (κ2) is 9.24. The molecule has 0 bridgehead atoms. The van der Waals surface area contributed by atoms with Crippen LogP contribution >= 0.6 is 0 Å². The number of hydrogen-bond acceptors (Lipinski definition) is 2. The van der Waals surface area contributed by atoms with E-state index in [1.54, 1.807) is 0 Å². The minimum Gasteiger partial charge on any atom is -0.381 e. The lowest BCUT2D eigenvalue weighted by Crippen LogP contribution is -2.49. The van der Waals surface area contributed by atoms with Gasteiger partial charge >= 0.3 is 0 Å². The molecule has 0 aliphatic carbocycles. The molecule has 0 amide bonds. The average molecular weight is 380 g/mol. The van der Waals surface area contributed by atoms with Gasteiger partial charge in [0.15, 0.2) is 5.96 Å². The number of benzene rings is 2. The third kappa shape index (κ3) is 4.93. The Bertz CT molecular complexity index is 750. The topological polar surface area (TPSA) is 45.7 Å². The van der Waals surface area contributed by atoms with E-state index in [2.05, 4.69) is 90.1 Å². The van der Waals surface area contributed by atoms with Crippen LogP contribution in [0.15, 0.2) is 65.7 Å². The van der Waals surface area contributed by atoms with Gasteiger partial charge in [0, 0.05) is 44.2 Å². The van der Waals surface area contributed by atoms with E-state index in [-0.39, 0.29) is 10.8 Å². The van der Waals surface area contributed by atoms with E-state index < -0.39 is 0 Å². The molecule has 1 aliphatic heterocycles. The third-order valence-electron chi connectivity index (χ3n) is 5.91. The minimum absolute atomic E-state index is 0.0225. The normalized spacial score (nSPS) is 17.2. The highest BCUT2D eigenvalue weighted by Crippen LogP contribution is 2.34. The Morgan fingerprint density at radius 1 is 0.964 bits per heavy atom. The third-order valence-corrected chi connectivity index (χ3v) is 5.91. The number of rotatable bonds is 6. The Balaban J connectivity index is 1.64. The molecule has 0 atom stereocenters. The van der Waals surface area contributed by atoms with Crippen LogP contribution in [-0.2, 0) is 15.6 Å². The summed E-state index contributed by atoms with van der Waals surface area (Å²) in [5.74, 6) is 0.853. The Morgan fingerprint density at radius 3 is 2.18 bits per heavy atom. The Labute approximate surface area is 169 Å². The number of aliphatic imine (C=N–C) groups is 1. The molecule has 1 heterocycles. The second-order valence-corrected chi connectivity index (χ2v) is 8.29. The molecule has 4 heteroatoms. The summed E-state index contributed by atoms with van der Waals surface area (Å²) >= 11 is 0. The first-order valence-electron chi connectivity index (χ1n) is 10.2. The van der Waals surface area contributed by atoms with Gasteiger partial charge in [-0.15, -0.1) is 0 Å². The Morgan fingerprint density at radius 2 is 1.57 bits per heavy atom. The van der Waals surface area contributed by atoms with Crippen molar-refractivity contribution in [3.8, 4) is 0 Å². The fourth-order valence-electron chi connectivity index (χ4n) is 3.89. The van der Waals surface area contributed by atoms with E-state index in [4.69, 9.17) is 4.74 Å². The number of nitrogens with one attached hydrogen (secondary N) is 2. The maximum atomic E-state index is 5.65. The molecule has 1 fully saturated rings. The largest absolute Gasteiger partial charge is 0.381 e. The first-order valence-corrected chi connectivity index (χ1v) is 10.2. The molecule has 150 valence electrons.